The van der Waals surface area contributed by atoms with Crippen molar-refractivity contribution in [1.29, 1.82) is 0 Å². The van der Waals surface area contributed by atoms with E-state index >= 15 is 0 Å². The lowest BCUT2D eigenvalue weighted by Crippen LogP contribution is -2.24. The predicted octanol–water partition coefficient (Wildman–Crippen LogP) is 2.16. The van der Waals surface area contributed by atoms with Gasteiger partial charge in [-0.1, -0.05) is 12.1 Å². The van der Waals surface area contributed by atoms with Gasteiger partial charge in [-0.05, 0) is 18.4 Å². The summed E-state index contributed by atoms with van der Waals surface area (Å²) < 4.78 is 0. The number of rotatable bonds is 4. The molecule has 0 saturated carbocycles. The van der Waals surface area contributed by atoms with Crippen molar-refractivity contribution in [2.24, 2.45) is 0 Å². The monoisotopic (exact) mass is 219 g/mol. The van der Waals surface area contributed by atoms with Crippen molar-refractivity contribution in [3.8, 4) is 12.3 Å². The minimum atomic E-state index is -0.0600. The van der Waals surface area contributed by atoms with Gasteiger partial charge in [-0.25, -0.2) is 0 Å². The van der Waals surface area contributed by atoms with Gasteiger partial charge in [0.1, 0.15) is 0 Å². The highest BCUT2D eigenvalue weighted by molar-refractivity contribution is 7.98. The maximum absolute atomic E-state index is 11.7. The molecule has 0 radical (unpaired) electrons. The molecular formula is C12H13NOS. The van der Waals surface area contributed by atoms with Gasteiger partial charge in [0, 0.05) is 17.9 Å². The van der Waals surface area contributed by atoms with Crippen LogP contribution in [0.15, 0.2) is 29.2 Å². The lowest BCUT2D eigenvalue weighted by Gasteiger charge is -2.06. The Morgan fingerprint density at radius 3 is 2.93 bits per heavy atom. The van der Waals surface area contributed by atoms with Crippen LogP contribution < -0.4 is 5.32 Å². The van der Waals surface area contributed by atoms with Crippen LogP contribution in [0.5, 0.6) is 0 Å². The summed E-state index contributed by atoms with van der Waals surface area (Å²) in [7, 11) is 0. The molecule has 0 aliphatic carbocycles. The summed E-state index contributed by atoms with van der Waals surface area (Å²) in [6.07, 6.45) is 7.62. The summed E-state index contributed by atoms with van der Waals surface area (Å²) >= 11 is 1.56. The number of amides is 1. The molecule has 1 N–H and O–H groups in total. The molecule has 78 valence electrons. The molecule has 0 atom stereocenters. The Morgan fingerprint density at radius 2 is 2.27 bits per heavy atom. The Balaban J connectivity index is 2.69. The second kappa shape index (κ2) is 6.15. The molecule has 0 aliphatic heterocycles. The van der Waals surface area contributed by atoms with Crippen molar-refractivity contribution in [3.05, 3.63) is 29.8 Å². The van der Waals surface area contributed by atoms with E-state index in [1.54, 1.807) is 11.8 Å². The first kappa shape index (κ1) is 11.7. The molecule has 2 nitrogen and oxygen atoms in total. The maximum Gasteiger partial charge on any atom is 0.252 e. The third kappa shape index (κ3) is 3.34. The molecule has 15 heavy (non-hydrogen) atoms. The molecule has 0 heterocycles. The smallest absolute Gasteiger partial charge is 0.252 e. The molecule has 0 aliphatic rings. The summed E-state index contributed by atoms with van der Waals surface area (Å²) in [6.45, 7) is 0.526. The molecule has 0 bridgehead atoms. The second-order valence-electron chi connectivity index (χ2n) is 2.91. The molecule has 0 unspecified atom stereocenters. The van der Waals surface area contributed by atoms with Gasteiger partial charge in [-0.15, -0.1) is 24.1 Å². The average Bonchev–Trinajstić information content (AvgIpc) is 2.29. The number of benzene rings is 1. The van der Waals surface area contributed by atoms with Crippen LogP contribution in [0, 0.1) is 12.3 Å². The van der Waals surface area contributed by atoms with Crippen molar-refractivity contribution >= 4 is 17.7 Å². The van der Waals surface area contributed by atoms with Crippen LogP contribution in [-0.4, -0.2) is 18.7 Å². The molecular weight excluding hydrogens is 206 g/mol. The van der Waals surface area contributed by atoms with E-state index in [1.165, 1.54) is 0 Å². The van der Waals surface area contributed by atoms with Gasteiger partial charge in [0.25, 0.3) is 5.91 Å². The number of hydrogen-bond donors (Lipinski definition) is 1. The first-order valence-corrected chi connectivity index (χ1v) is 5.86. The van der Waals surface area contributed by atoms with E-state index in [2.05, 4.69) is 11.2 Å². The van der Waals surface area contributed by atoms with Crippen molar-refractivity contribution in [3.63, 3.8) is 0 Å². The first-order chi connectivity index (χ1) is 7.29. The zero-order chi connectivity index (χ0) is 11.1. The Bertz CT molecular complexity index is 381. The van der Waals surface area contributed by atoms with Crippen LogP contribution in [0.2, 0.25) is 0 Å². The zero-order valence-corrected chi connectivity index (χ0v) is 9.43. The standard InChI is InChI=1S/C12H13NOS/c1-3-4-9-13-12(14)10-7-5-6-8-11(10)15-2/h1,5-8H,4,9H2,2H3,(H,13,14). The molecule has 3 heteroatoms. The van der Waals surface area contributed by atoms with E-state index < -0.39 is 0 Å². The largest absolute Gasteiger partial charge is 0.351 e. The van der Waals surface area contributed by atoms with Crippen molar-refractivity contribution in [2.75, 3.05) is 12.8 Å². The highest BCUT2D eigenvalue weighted by Gasteiger charge is 2.08. The third-order valence-corrected chi connectivity index (χ3v) is 2.70. The molecule has 1 amide bonds. The van der Waals surface area contributed by atoms with Crippen molar-refractivity contribution in [1.82, 2.24) is 5.32 Å². The van der Waals surface area contributed by atoms with Gasteiger partial charge >= 0.3 is 0 Å². The number of nitrogens with one attached hydrogen (secondary N) is 1. The number of hydrogen-bond acceptors (Lipinski definition) is 2. The molecule has 0 saturated heterocycles. The van der Waals surface area contributed by atoms with Gasteiger partial charge in [-0.2, -0.15) is 0 Å². The molecule has 0 spiro atoms. The molecule has 0 aromatic heterocycles. The predicted molar refractivity (Wildman–Crippen MR) is 64.0 cm³/mol. The van der Waals surface area contributed by atoms with E-state index in [1.807, 2.05) is 30.5 Å². The third-order valence-electron chi connectivity index (χ3n) is 1.91. The minimum Gasteiger partial charge on any atom is -0.351 e. The topological polar surface area (TPSA) is 29.1 Å². The average molecular weight is 219 g/mol. The maximum atomic E-state index is 11.7. The molecule has 1 rings (SSSR count). The molecule has 1 aromatic rings. The summed E-state index contributed by atoms with van der Waals surface area (Å²) in [5.74, 6) is 2.42. The number of carbonyl (C=O) groups is 1. The fourth-order valence-electron chi connectivity index (χ4n) is 1.18. The number of carbonyl (C=O) groups excluding carboxylic acids is 1. The van der Waals surface area contributed by atoms with Gasteiger partial charge in [-0.3, -0.25) is 4.79 Å². The van der Waals surface area contributed by atoms with Crippen molar-refractivity contribution in [2.45, 2.75) is 11.3 Å². The second-order valence-corrected chi connectivity index (χ2v) is 3.76. The van der Waals surface area contributed by atoms with Crippen LogP contribution in [-0.2, 0) is 0 Å². The zero-order valence-electron chi connectivity index (χ0n) is 8.62. The first-order valence-electron chi connectivity index (χ1n) is 4.64. The fraction of sp³-hybridized carbons (Fsp3) is 0.250. The van der Waals surface area contributed by atoms with E-state index in [4.69, 9.17) is 6.42 Å². The fourth-order valence-corrected chi connectivity index (χ4v) is 1.77. The minimum absolute atomic E-state index is 0.0600. The van der Waals surface area contributed by atoms with Gasteiger partial charge in [0.15, 0.2) is 0 Å². The lowest BCUT2D eigenvalue weighted by atomic mass is 10.2. The van der Waals surface area contributed by atoms with Crippen LogP contribution in [0.1, 0.15) is 16.8 Å². The highest BCUT2D eigenvalue weighted by Crippen LogP contribution is 2.19. The lowest BCUT2D eigenvalue weighted by molar-refractivity contribution is 0.0951. The van der Waals surface area contributed by atoms with Crippen molar-refractivity contribution < 1.29 is 4.79 Å². The van der Waals surface area contributed by atoms with E-state index in [0.717, 1.165) is 4.90 Å². The van der Waals surface area contributed by atoms with E-state index in [0.29, 0.717) is 18.5 Å². The van der Waals surface area contributed by atoms with Crippen LogP contribution in [0.25, 0.3) is 0 Å². The summed E-state index contributed by atoms with van der Waals surface area (Å²) in [6, 6.07) is 7.53. The Hall–Kier alpha value is -1.40. The van der Waals surface area contributed by atoms with Gasteiger partial charge in [0.05, 0.1) is 5.56 Å². The van der Waals surface area contributed by atoms with E-state index in [-0.39, 0.29) is 5.91 Å². The summed E-state index contributed by atoms with van der Waals surface area (Å²) in [5, 5.41) is 2.78. The Morgan fingerprint density at radius 1 is 1.53 bits per heavy atom. The molecule has 0 fully saturated rings. The van der Waals surface area contributed by atoms with Gasteiger partial charge in [0.2, 0.25) is 0 Å². The van der Waals surface area contributed by atoms with Gasteiger partial charge < -0.3 is 5.32 Å². The Kier molecular flexibility index (Phi) is 4.79. The van der Waals surface area contributed by atoms with Crippen LogP contribution in [0.3, 0.4) is 0 Å². The summed E-state index contributed by atoms with van der Waals surface area (Å²) in [5.41, 5.74) is 0.710. The van der Waals surface area contributed by atoms with Crippen LogP contribution in [0.4, 0.5) is 0 Å². The Labute approximate surface area is 94.5 Å². The quantitative estimate of drug-likeness (QED) is 0.477. The summed E-state index contributed by atoms with van der Waals surface area (Å²) in [4.78, 5) is 12.7. The van der Waals surface area contributed by atoms with E-state index in [9.17, 15) is 4.79 Å². The number of terminal acetylenes is 1. The number of thioether (sulfide) groups is 1. The SMILES string of the molecule is C#CCCNC(=O)c1ccccc1SC. The molecule has 1 aromatic carbocycles. The normalized spacial score (nSPS) is 9.33. The van der Waals surface area contributed by atoms with Crippen LogP contribution >= 0.6 is 11.8 Å². The highest BCUT2D eigenvalue weighted by atomic mass is 32.2.